The van der Waals surface area contributed by atoms with Crippen molar-refractivity contribution in [3.63, 3.8) is 0 Å². The zero-order valence-electron chi connectivity index (χ0n) is 14.7. The van der Waals surface area contributed by atoms with Crippen LogP contribution in [0.4, 0.5) is 5.69 Å². The second-order valence-corrected chi connectivity index (χ2v) is 6.82. The number of anilines is 1. The van der Waals surface area contributed by atoms with Crippen molar-refractivity contribution in [1.29, 1.82) is 0 Å². The molecule has 1 heterocycles. The predicted octanol–water partition coefficient (Wildman–Crippen LogP) is 1.01. The summed E-state index contributed by atoms with van der Waals surface area (Å²) in [6.07, 6.45) is 0. The topological polar surface area (TPSA) is 79.0 Å². The Morgan fingerprint density at radius 3 is 2.60 bits per heavy atom. The van der Waals surface area contributed by atoms with Crippen LogP contribution in [0.5, 0.6) is 0 Å². The van der Waals surface area contributed by atoms with Crippen molar-refractivity contribution >= 4 is 35.2 Å². The van der Waals surface area contributed by atoms with E-state index in [0.29, 0.717) is 5.75 Å². The first-order valence-electron chi connectivity index (χ1n) is 8.03. The maximum atomic E-state index is 12.1. The Labute approximate surface area is 151 Å². The highest BCUT2D eigenvalue weighted by molar-refractivity contribution is 8.00. The second-order valence-electron chi connectivity index (χ2n) is 5.75. The Morgan fingerprint density at radius 1 is 1.32 bits per heavy atom. The maximum absolute atomic E-state index is 12.1. The summed E-state index contributed by atoms with van der Waals surface area (Å²) in [6, 6.07) is 7.90. The number of hydrogen-bond acceptors (Lipinski definition) is 6. The molecular weight excluding hydrogens is 342 g/mol. The van der Waals surface area contributed by atoms with Gasteiger partial charge in [-0.25, -0.2) is 0 Å². The quantitative estimate of drug-likeness (QED) is 0.727. The van der Waals surface area contributed by atoms with Crippen molar-refractivity contribution in [2.24, 2.45) is 0 Å². The highest BCUT2D eigenvalue weighted by atomic mass is 32.2. The monoisotopic (exact) mass is 365 g/mol. The highest BCUT2D eigenvalue weighted by Crippen LogP contribution is 2.38. The number of carbonyl (C=O) groups excluding carboxylic acids is 3. The van der Waals surface area contributed by atoms with E-state index in [4.69, 9.17) is 4.74 Å². The van der Waals surface area contributed by atoms with Crippen LogP contribution in [0.15, 0.2) is 24.3 Å². The van der Waals surface area contributed by atoms with Crippen molar-refractivity contribution < 1.29 is 19.1 Å². The molecule has 1 aliphatic rings. The summed E-state index contributed by atoms with van der Waals surface area (Å²) in [5.74, 6) is -0.615. The molecular formula is C17H23N3O4S. The van der Waals surface area contributed by atoms with E-state index in [-0.39, 0.29) is 36.9 Å². The van der Waals surface area contributed by atoms with Crippen LogP contribution in [0.1, 0.15) is 17.9 Å². The largest absolute Gasteiger partial charge is 0.465 e. The fourth-order valence-electron chi connectivity index (χ4n) is 2.43. The molecule has 2 rings (SSSR count). The third kappa shape index (κ3) is 5.12. The SMILES string of the molecule is CCOC(=O)CNC(=O)CN1C(=O)CSC1c1ccc(N(C)C)cc1. The fourth-order valence-corrected chi connectivity index (χ4v) is 3.62. The van der Waals surface area contributed by atoms with Crippen LogP contribution in [-0.2, 0) is 19.1 Å². The zero-order chi connectivity index (χ0) is 18.4. The van der Waals surface area contributed by atoms with Crippen LogP contribution in [0.2, 0.25) is 0 Å². The molecule has 0 bridgehead atoms. The smallest absolute Gasteiger partial charge is 0.325 e. The number of carbonyl (C=O) groups is 3. The van der Waals surface area contributed by atoms with E-state index in [1.54, 1.807) is 6.92 Å². The van der Waals surface area contributed by atoms with Crippen LogP contribution in [0.25, 0.3) is 0 Å². The Morgan fingerprint density at radius 2 is 2.00 bits per heavy atom. The van der Waals surface area contributed by atoms with Gasteiger partial charge in [-0.05, 0) is 24.6 Å². The number of nitrogens with one attached hydrogen (secondary N) is 1. The predicted molar refractivity (Wildman–Crippen MR) is 97.3 cm³/mol. The van der Waals surface area contributed by atoms with Crippen LogP contribution in [0, 0.1) is 0 Å². The molecule has 0 radical (unpaired) electrons. The van der Waals surface area contributed by atoms with Crippen LogP contribution in [0.3, 0.4) is 0 Å². The minimum Gasteiger partial charge on any atom is -0.465 e. The van der Waals surface area contributed by atoms with Gasteiger partial charge in [0.05, 0.1) is 12.4 Å². The summed E-state index contributed by atoms with van der Waals surface area (Å²) < 4.78 is 4.76. The van der Waals surface area contributed by atoms with Crippen LogP contribution >= 0.6 is 11.8 Å². The number of benzene rings is 1. The Bertz CT molecular complexity index is 633. The molecule has 1 saturated heterocycles. The van der Waals surface area contributed by atoms with Gasteiger partial charge in [0.1, 0.15) is 18.5 Å². The lowest BCUT2D eigenvalue weighted by molar-refractivity contribution is -0.143. The van der Waals surface area contributed by atoms with Crippen LogP contribution < -0.4 is 10.2 Å². The molecule has 1 aromatic carbocycles. The molecule has 0 aromatic heterocycles. The molecule has 1 aliphatic heterocycles. The summed E-state index contributed by atoms with van der Waals surface area (Å²) in [5, 5.41) is 2.29. The number of ether oxygens (including phenoxy) is 1. The minimum absolute atomic E-state index is 0.0780. The van der Waals surface area contributed by atoms with Crippen molar-refractivity contribution in [3.8, 4) is 0 Å². The third-order valence-corrected chi connectivity index (χ3v) is 4.97. The number of hydrogen-bond donors (Lipinski definition) is 1. The Kier molecular flexibility index (Phi) is 6.69. The molecule has 1 N–H and O–H groups in total. The molecule has 0 saturated carbocycles. The lowest BCUT2D eigenvalue weighted by Crippen LogP contribution is -2.41. The van der Waals surface area contributed by atoms with Crippen molar-refractivity contribution in [2.75, 3.05) is 44.4 Å². The van der Waals surface area contributed by atoms with E-state index in [2.05, 4.69) is 5.32 Å². The van der Waals surface area contributed by atoms with E-state index >= 15 is 0 Å². The number of rotatable bonds is 7. The molecule has 1 unspecified atom stereocenters. The van der Waals surface area contributed by atoms with Gasteiger partial charge in [0.2, 0.25) is 11.8 Å². The molecule has 8 heteroatoms. The average molecular weight is 365 g/mol. The first kappa shape index (κ1) is 19.1. The van der Waals surface area contributed by atoms with Crippen molar-refractivity contribution in [3.05, 3.63) is 29.8 Å². The van der Waals surface area contributed by atoms with Gasteiger partial charge in [-0.3, -0.25) is 14.4 Å². The van der Waals surface area contributed by atoms with Crippen molar-refractivity contribution in [2.45, 2.75) is 12.3 Å². The number of nitrogens with zero attached hydrogens (tertiary/aromatic N) is 2. The second kappa shape index (κ2) is 8.75. The molecule has 7 nitrogen and oxygen atoms in total. The van der Waals surface area contributed by atoms with Gasteiger partial charge in [-0.2, -0.15) is 0 Å². The van der Waals surface area contributed by atoms with Gasteiger partial charge in [0.25, 0.3) is 0 Å². The summed E-state index contributed by atoms with van der Waals surface area (Å²) in [6.45, 7) is 1.70. The van der Waals surface area contributed by atoms with Crippen LogP contribution in [-0.4, -0.2) is 62.2 Å². The molecule has 0 spiro atoms. The van der Waals surface area contributed by atoms with Gasteiger partial charge in [-0.1, -0.05) is 12.1 Å². The normalized spacial score (nSPS) is 16.7. The van der Waals surface area contributed by atoms with Gasteiger partial charge in [0, 0.05) is 19.8 Å². The third-order valence-electron chi connectivity index (χ3n) is 3.71. The first-order valence-corrected chi connectivity index (χ1v) is 9.08. The minimum atomic E-state index is -0.492. The number of thioether (sulfide) groups is 1. The van der Waals surface area contributed by atoms with E-state index < -0.39 is 5.97 Å². The van der Waals surface area contributed by atoms with E-state index in [1.807, 2.05) is 43.3 Å². The molecule has 136 valence electrons. The van der Waals surface area contributed by atoms with Gasteiger partial charge >= 0.3 is 5.97 Å². The summed E-state index contributed by atoms with van der Waals surface area (Å²) >= 11 is 1.49. The van der Waals surface area contributed by atoms with Gasteiger partial charge in [-0.15, -0.1) is 11.8 Å². The lowest BCUT2D eigenvalue weighted by Gasteiger charge is -2.24. The first-order chi connectivity index (χ1) is 11.9. The molecule has 2 amide bonds. The number of esters is 1. The molecule has 1 aromatic rings. The Hall–Kier alpha value is -2.22. The van der Waals surface area contributed by atoms with Gasteiger partial charge < -0.3 is 19.9 Å². The average Bonchev–Trinajstić information content (AvgIpc) is 2.94. The Balaban J connectivity index is 1.99. The standard InChI is InChI=1S/C17H23N3O4S/c1-4-24-16(23)9-18-14(21)10-20-15(22)11-25-17(20)12-5-7-13(8-6-12)19(2)3/h5-8,17H,4,9-11H2,1-3H3,(H,18,21). The fraction of sp³-hybridized carbons (Fsp3) is 0.471. The number of amides is 2. The molecule has 25 heavy (non-hydrogen) atoms. The lowest BCUT2D eigenvalue weighted by atomic mass is 10.2. The molecule has 1 fully saturated rings. The van der Waals surface area contributed by atoms with Crippen molar-refractivity contribution in [1.82, 2.24) is 10.2 Å². The highest BCUT2D eigenvalue weighted by Gasteiger charge is 2.34. The van der Waals surface area contributed by atoms with Gasteiger partial charge in [0.15, 0.2) is 0 Å². The summed E-state index contributed by atoms with van der Waals surface area (Å²) in [4.78, 5) is 39.0. The maximum Gasteiger partial charge on any atom is 0.325 e. The van der Waals surface area contributed by atoms with E-state index in [1.165, 1.54) is 16.7 Å². The molecule has 1 atom stereocenters. The molecule has 0 aliphatic carbocycles. The summed E-state index contributed by atoms with van der Waals surface area (Å²) in [7, 11) is 3.92. The zero-order valence-corrected chi connectivity index (χ0v) is 15.5. The van der Waals surface area contributed by atoms with E-state index in [0.717, 1.165) is 11.3 Å². The van der Waals surface area contributed by atoms with E-state index in [9.17, 15) is 14.4 Å². The summed E-state index contributed by atoms with van der Waals surface area (Å²) in [5.41, 5.74) is 2.04.